The van der Waals surface area contributed by atoms with Gasteiger partial charge >= 0.3 is 5.97 Å². The van der Waals surface area contributed by atoms with Crippen molar-refractivity contribution in [2.24, 2.45) is 0 Å². The first-order valence-electron chi connectivity index (χ1n) is 8.74. The minimum absolute atomic E-state index is 0.0277. The third-order valence-corrected chi connectivity index (χ3v) is 5.27. The standard InChI is InChI=1S/C20H23NO6S/c1-15-6-8-18(9-7-15)26-12-13-27-20(23)10-11-21-28(24,25)19-5-3-4-17(14-19)16(2)22/h3-9,14,21H,10-13H2,1-2H3. The van der Waals surface area contributed by atoms with E-state index in [-0.39, 0.29) is 36.9 Å². The highest BCUT2D eigenvalue weighted by Gasteiger charge is 2.15. The van der Waals surface area contributed by atoms with Crippen molar-refractivity contribution in [3.8, 4) is 5.75 Å². The van der Waals surface area contributed by atoms with E-state index in [1.807, 2.05) is 31.2 Å². The van der Waals surface area contributed by atoms with Crippen molar-refractivity contribution >= 4 is 21.8 Å². The zero-order valence-electron chi connectivity index (χ0n) is 15.8. The zero-order chi connectivity index (χ0) is 20.6. The molecule has 0 saturated heterocycles. The van der Waals surface area contributed by atoms with Gasteiger partial charge in [-0.25, -0.2) is 13.1 Å². The number of carbonyl (C=O) groups is 2. The monoisotopic (exact) mass is 405 g/mol. The first kappa shape index (κ1) is 21.6. The summed E-state index contributed by atoms with van der Waals surface area (Å²) in [4.78, 5) is 23.1. The fourth-order valence-electron chi connectivity index (χ4n) is 2.27. The number of aryl methyl sites for hydroxylation is 1. The maximum absolute atomic E-state index is 12.2. The number of hydrogen-bond acceptors (Lipinski definition) is 6. The van der Waals surface area contributed by atoms with E-state index in [2.05, 4.69) is 4.72 Å². The van der Waals surface area contributed by atoms with Gasteiger partial charge in [-0.3, -0.25) is 9.59 Å². The van der Waals surface area contributed by atoms with Crippen LogP contribution in [0.3, 0.4) is 0 Å². The molecule has 2 rings (SSSR count). The van der Waals surface area contributed by atoms with Gasteiger partial charge in [0.05, 0.1) is 11.3 Å². The Morgan fingerprint density at radius 3 is 2.43 bits per heavy atom. The van der Waals surface area contributed by atoms with Gasteiger partial charge in [-0.05, 0) is 38.1 Å². The van der Waals surface area contributed by atoms with Crippen LogP contribution in [-0.2, 0) is 19.6 Å². The normalized spacial score (nSPS) is 11.1. The first-order valence-corrected chi connectivity index (χ1v) is 10.2. The second kappa shape index (κ2) is 10.0. The van der Waals surface area contributed by atoms with Crippen LogP contribution in [0, 0.1) is 6.92 Å². The molecule has 28 heavy (non-hydrogen) atoms. The summed E-state index contributed by atoms with van der Waals surface area (Å²) >= 11 is 0. The van der Waals surface area contributed by atoms with Gasteiger partial charge in [0.25, 0.3) is 0 Å². The third kappa shape index (κ3) is 6.79. The van der Waals surface area contributed by atoms with Crippen molar-refractivity contribution in [3.63, 3.8) is 0 Å². The molecule has 0 radical (unpaired) electrons. The molecule has 2 aromatic carbocycles. The molecule has 0 bridgehead atoms. The number of Topliss-reactive ketones (excluding diaryl/α,β-unsaturated/α-hetero) is 1. The van der Waals surface area contributed by atoms with Crippen LogP contribution in [0.25, 0.3) is 0 Å². The van der Waals surface area contributed by atoms with E-state index < -0.39 is 16.0 Å². The minimum atomic E-state index is -3.81. The highest BCUT2D eigenvalue weighted by molar-refractivity contribution is 7.89. The highest BCUT2D eigenvalue weighted by Crippen LogP contribution is 2.12. The van der Waals surface area contributed by atoms with Crippen LogP contribution in [0.5, 0.6) is 5.75 Å². The van der Waals surface area contributed by atoms with Gasteiger partial charge in [-0.1, -0.05) is 29.8 Å². The van der Waals surface area contributed by atoms with Crippen molar-refractivity contribution in [2.45, 2.75) is 25.2 Å². The van der Waals surface area contributed by atoms with Crippen molar-refractivity contribution in [1.29, 1.82) is 0 Å². The first-order chi connectivity index (χ1) is 13.3. The van der Waals surface area contributed by atoms with E-state index in [4.69, 9.17) is 9.47 Å². The molecule has 0 atom stereocenters. The van der Waals surface area contributed by atoms with Crippen LogP contribution in [0.1, 0.15) is 29.3 Å². The Labute approximate surface area is 164 Å². The predicted molar refractivity (Wildman–Crippen MR) is 104 cm³/mol. The third-order valence-electron chi connectivity index (χ3n) is 3.81. The second-order valence-corrected chi connectivity index (χ2v) is 7.88. The summed E-state index contributed by atoms with van der Waals surface area (Å²) in [7, 11) is -3.81. The lowest BCUT2D eigenvalue weighted by Gasteiger charge is -2.09. The van der Waals surface area contributed by atoms with Crippen LogP contribution in [-0.4, -0.2) is 39.9 Å². The molecule has 1 N–H and O–H groups in total. The van der Waals surface area contributed by atoms with E-state index in [0.717, 1.165) is 5.56 Å². The number of nitrogens with one attached hydrogen (secondary N) is 1. The molecular weight excluding hydrogens is 382 g/mol. The van der Waals surface area contributed by atoms with Gasteiger partial charge < -0.3 is 9.47 Å². The molecular formula is C20H23NO6S. The molecule has 0 aliphatic rings. The second-order valence-electron chi connectivity index (χ2n) is 6.11. The zero-order valence-corrected chi connectivity index (χ0v) is 16.6. The van der Waals surface area contributed by atoms with E-state index in [9.17, 15) is 18.0 Å². The largest absolute Gasteiger partial charge is 0.490 e. The molecule has 0 fully saturated rings. The molecule has 0 saturated carbocycles. The topological polar surface area (TPSA) is 98.8 Å². The number of rotatable bonds is 10. The maximum atomic E-state index is 12.2. The summed E-state index contributed by atoms with van der Waals surface area (Å²) in [6.07, 6.45) is -0.115. The average Bonchev–Trinajstić information content (AvgIpc) is 2.66. The quantitative estimate of drug-likeness (QED) is 0.370. The van der Waals surface area contributed by atoms with E-state index >= 15 is 0 Å². The summed E-state index contributed by atoms with van der Waals surface area (Å²) in [6, 6.07) is 13.2. The van der Waals surface area contributed by atoms with Crippen molar-refractivity contribution < 1.29 is 27.5 Å². The number of benzene rings is 2. The molecule has 0 spiro atoms. The van der Waals surface area contributed by atoms with Gasteiger partial charge in [0.15, 0.2) is 5.78 Å². The summed E-state index contributed by atoms with van der Waals surface area (Å²) < 4.78 is 37.3. The molecule has 8 heteroatoms. The maximum Gasteiger partial charge on any atom is 0.307 e. The van der Waals surface area contributed by atoms with Crippen LogP contribution in [0.4, 0.5) is 0 Å². The van der Waals surface area contributed by atoms with Gasteiger partial charge in [-0.2, -0.15) is 0 Å². The Bertz CT molecular complexity index is 922. The molecule has 0 amide bonds. The molecule has 0 unspecified atom stereocenters. The van der Waals surface area contributed by atoms with Gasteiger partial charge in [0.1, 0.15) is 19.0 Å². The number of hydrogen-bond donors (Lipinski definition) is 1. The van der Waals surface area contributed by atoms with Crippen molar-refractivity contribution in [1.82, 2.24) is 4.72 Å². The lowest BCUT2D eigenvalue weighted by Crippen LogP contribution is -2.27. The Morgan fingerprint density at radius 1 is 1.04 bits per heavy atom. The smallest absolute Gasteiger partial charge is 0.307 e. The highest BCUT2D eigenvalue weighted by atomic mass is 32.2. The van der Waals surface area contributed by atoms with E-state index in [1.54, 1.807) is 0 Å². The predicted octanol–water partition coefficient (Wildman–Crippen LogP) is 2.49. The Kier molecular flexibility index (Phi) is 7.71. The molecule has 0 aliphatic heterocycles. The van der Waals surface area contributed by atoms with E-state index in [1.165, 1.54) is 31.2 Å². The molecule has 150 valence electrons. The minimum Gasteiger partial charge on any atom is -0.490 e. The molecule has 0 aliphatic carbocycles. The summed E-state index contributed by atoms with van der Waals surface area (Å²) in [5.41, 5.74) is 1.42. The number of carbonyl (C=O) groups excluding carboxylic acids is 2. The fourth-order valence-corrected chi connectivity index (χ4v) is 3.35. The van der Waals surface area contributed by atoms with Crippen molar-refractivity contribution in [2.75, 3.05) is 19.8 Å². The molecule has 2 aromatic rings. The lowest BCUT2D eigenvalue weighted by atomic mass is 10.2. The summed E-state index contributed by atoms with van der Waals surface area (Å²) in [5, 5.41) is 0. The lowest BCUT2D eigenvalue weighted by molar-refractivity contribution is -0.144. The van der Waals surface area contributed by atoms with Crippen LogP contribution >= 0.6 is 0 Å². The van der Waals surface area contributed by atoms with Crippen LogP contribution in [0.2, 0.25) is 0 Å². The average molecular weight is 405 g/mol. The fraction of sp³-hybridized carbons (Fsp3) is 0.300. The van der Waals surface area contributed by atoms with Gasteiger partial charge in [0, 0.05) is 12.1 Å². The summed E-state index contributed by atoms with van der Waals surface area (Å²) in [6.45, 7) is 3.50. The van der Waals surface area contributed by atoms with Gasteiger partial charge in [-0.15, -0.1) is 0 Å². The van der Waals surface area contributed by atoms with Crippen molar-refractivity contribution in [3.05, 3.63) is 59.7 Å². The number of esters is 1. The van der Waals surface area contributed by atoms with Crippen LogP contribution in [0.15, 0.2) is 53.4 Å². The number of ether oxygens (including phenoxy) is 2. The SMILES string of the molecule is CC(=O)c1cccc(S(=O)(=O)NCCC(=O)OCCOc2ccc(C)cc2)c1. The summed E-state index contributed by atoms with van der Waals surface area (Å²) in [5.74, 6) is -0.0802. The van der Waals surface area contributed by atoms with E-state index in [0.29, 0.717) is 11.3 Å². The Balaban J connectivity index is 1.71. The Hall–Kier alpha value is -2.71. The Morgan fingerprint density at radius 2 is 1.75 bits per heavy atom. The number of sulfonamides is 1. The van der Waals surface area contributed by atoms with Gasteiger partial charge in [0.2, 0.25) is 10.0 Å². The number of ketones is 1. The molecule has 7 nitrogen and oxygen atoms in total. The molecule has 0 heterocycles. The molecule has 0 aromatic heterocycles. The van der Waals surface area contributed by atoms with Crippen LogP contribution < -0.4 is 9.46 Å².